The second-order valence-corrected chi connectivity index (χ2v) is 12.3. The van der Waals surface area contributed by atoms with E-state index in [1.165, 1.54) is 44.1 Å². The van der Waals surface area contributed by atoms with Gasteiger partial charge in [-0.15, -0.1) is 0 Å². The molecule has 2 fully saturated rings. The number of hydrogen-bond acceptors (Lipinski definition) is 5. The van der Waals surface area contributed by atoms with E-state index in [-0.39, 0.29) is 41.3 Å². The van der Waals surface area contributed by atoms with Crippen LogP contribution < -0.4 is 0 Å². The van der Waals surface area contributed by atoms with Crippen molar-refractivity contribution in [2.24, 2.45) is 11.8 Å². The monoisotopic (exact) mass is 605 g/mol. The van der Waals surface area contributed by atoms with E-state index in [4.69, 9.17) is 11.6 Å². The van der Waals surface area contributed by atoms with Crippen LogP contribution in [-0.2, 0) is 27.8 Å². The summed E-state index contributed by atoms with van der Waals surface area (Å²) in [4.78, 5) is 39.1. The number of carboxylic acids is 1. The third kappa shape index (κ3) is 5.80. The van der Waals surface area contributed by atoms with Crippen LogP contribution in [0, 0.1) is 11.8 Å². The second-order valence-electron chi connectivity index (χ2n) is 11.9. The predicted molar refractivity (Wildman–Crippen MR) is 152 cm³/mol. The van der Waals surface area contributed by atoms with E-state index in [9.17, 15) is 32.7 Å². The van der Waals surface area contributed by atoms with E-state index in [0.29, 0.717) is 43.5 Å². The van der Waals surface area contributed by atoms with Crippen molar-refractivity contribution in [3.8, 4) is 0 Å². The SMILES string of the molecule is CN1CCCC1.O=CC1CCc2c(C3=CCC(C(=O)O)CC3)nn(C(=O)c3c(Cl)cccc3C3(C(F)(F)F)CC3)c2C1. The Bertz CT molecular complexity index is 1410. The van der Waals surface area contributed by atoms with Gasteiger partial charge in [-0.3, -0.25) is 9.59 Å². The van der Waals surface area contributed by atoms with Crippen LogP contribution in [0.15, 0.2) is 24.3 Å². The number of halogens is 4. The molecule has 0 bridgehead atoms. The highest BCUT2D eigenvalue weighted by Crippen LogP contribution is 2.60. The van der Waals surface area contributed by atoms with Crippen LogP contribution in [-0.4, -0.2) is 64.3 Å². The molecule has 7 nitrogen and oxygen atoms in total. The molecule has 0 amide bonds. The Morgan fingerprint density at radius 3 is 2.38 bits per heavy atom. The first-order valence-electron chi connectivity index (χ1n) is 14.5. The molecule has 2 unspecified atom stereocenters. The fourth-order valence-corrected chi connectivity index (χ4v) is 6.66. The van der Waals surface area contributed by atoms with E-state index in [2.05, 4.69) is 17.0 Å². The van der Waals surface area contributed by atoms with Crippen LogP contribution in [0.1, 0.15) is 84.2 Å². The lowest BCUT2D eigenvalue weighted by Crippen LogP contribution is -2.32. The molecule has 1 aromatic heterocycles. The molecule has 0 spiro atoms. The van der Waals surface area contributed by atoms with Crippen LogP contribution in [0.4, 0.5) is 13.2 Å². The number of aromatic nitrogens is 2. The first-order valence-corrected chi connectivity index (χ1v) is 14.9. The number of rotatable bonds is 5. The van der Waals surface area contributed by atoms with Gasteiger partial charge in [-0.25, -0.2) is 0 Å². The van der Waals surface area contributed by atoms with Crippen molar-refractivity contribution in [3.63, 3.8) is 0 Å². The fourth-order valence-electron chi connectivity index (χ4n) is 6.41. The van der Waals surface area contributed by atoms with Crippen molar-refractivity contribution < 1.29 is 32.7 Å². The van der Waals surface area contributed by atoms with Gasteiger partial charge in [0.2, 0.25) is 0 Å². The van der Waals surface area contributed by atoms with Gasteiger partial charge in [0.05, 0.1) is 33.3 Å². The average Bonchev–Trinajstić information content (AvgIpc) is 3.52. The zero-order valence-electron chi connectivity index (χ0n) is 23.6. The average molecular weight is 606 g/mol. The summed E-state index contributed by atoms with van der Waals surface area (Å²) in [6.45, 7) is 2.64. The van der Waals surface area contributed by atoms with Crippen LogP contribution >= 0.6 is 11.6 Å². The molecular formula is C31H35ClF3N3O4. The molecular weight excluding hydrogens is 571 g/mol. The molecule has 1 saturated heterocycles. The Labute approximate surface area is 247 Å². The number of fused-ring (bicyclic) bond motifs is 1. The maximum absolute atomic E-state index is 14.0. The molecule has 11 heteroatoms. The standard InChI is InChI=1S/C26H24ClF3N2O4.C5H11N/c27-19-3-1-2-18(25(10-11-25)26(28,29)30)21(19)23(34)32-20-12-14(13-33)4-9-17(20)22(31-32)15-5-7-16(8-6-15)24(35)36;1-6-4-2-3-5-6/h1-3,5,13-14,16H,4,6-12H2,(H,35,36);2-5H2,1H3. The van der Waals surface area contributed by atoms with Gasteiger partial charge < -0.3 is 14.8 Å². The van der Waals surface area contributed by atoms with Crippen molar-refractivity contribution in [2.75, 3.05) is 20.1 Å². The van der Waals surface area contributed by atoms with Crippen LogP contribution in [0.3, 0.4) is 0 Å². The molecule has 2 aromatic rings. The van der Waals surface area contributed by atoms with E-state index >= 15 is 0 Å². The Morgan fingerprint density at radius 1 is 1.14 bits per heavy atom. The zero-order valence-corrected chi connectivity index (χ0v) is 24.3. The van der Waals surface area contributed by atoms with E-state index in [1.54, 1.807) is 0 Å². The number of aliphatic carboxylic acids is 1. The Balaban J connectivity index is 0.000000524. The molecule has 1 aliphatic heterocycles. The molecule has 4 aliphatic rings. The third-order valence-corrected chi connectivity index (χ3v) is 9.44. The predicted octanol–water partition coefficient (Wildman–Crippen LogP) is 6.10. The van der Waals surface area contributed by atoms with Gasteiger partial charge in [-0.05, 0) is 102 Å². The molecule has 2 heterocycles. The number of carboxylic acid groups (broad SMARTS) is 1. The Kier molecular flexibility index (Phi) is 8.67. The summed E-state index contributed by atoms with van der Waals surface area (Å²) in [5.74, 6) is -2.44. The summed E-state index contributed by atoms with van der Waals surface area (Å²) in [6, 6.07) is 4.12. The summed E-state index contributed by atoms with van der Waals surface area (Å²) in [5, 5.41) is 13.8. The zero-order chi connectivity index (χ0) is 30.2. The second kappa shape index (κ2) is 12.0. The minimum atomic E-state index is -4.53. The van der Waals surface area contributed by atoms with Gasteiger partial charge in [-0.1, -0.05) is 29.8 Å². The quantitative estimate of drug-likeness (QED) is 0.414. The molecule has 1 aromatic carbocycles. The van der Waals surface area contributed by atoms with Gasteiger partial charge in [0.15, 0.2) is 0 Å². The van der Waals surface area contributed by atoms with Crippen molar-refractivity contribution in [1.29, 1.82) is 0 Å². The molecule has 0 radical (unpaired) electrons. The van der Waals surface area contributed by atoms with Gasteiger partial charge in [0.25, 0.3) is 5.91 Å². The molecule has 3 aliphatic carbocycles. The van der Waals surface area contributed by atoms with Gasteiger partial charge >= 0.3 is 12.1 Å². The lowest BCUT2D eigenvalue weighted by molar-refractivity contribution is -0.160. The lowest BCUT2D eigenvalue weighted by Gasteiger charge is -2.23. The van der Waals surface area contributed by atoms with Crippen LogP contribution in [0.25, 0.3) is 5.57 Å². The maximum Gasteiger partial charge on any atom is 0.398 e. The number of nitrogens with zero attached hydrogens (tertiary/aromatic N) is 3. The molecule has 1 N–H and O–H groups in total. The summed E-state index contributed by atoms with van der Waals surface area (Å²) in [7, 11) is 2.17. The first-order chi connectivity index (χ1) is 20.0. The topological polar surface area (TPSA) is 92.5 Å². The lowest BCUT2D eigenvalue weighted by atomic mass is 9.83. The number of carbonyl (C=O) groups is 3. The molecule has 6 rings (SSSR count). The number of benzene rings is 1. The number of carbonyl (C=O) groups excluding carboxylic acids is 2. The molecule has 226 valence electrons. The number of hydrogen-bond donors (Lipinski definition) is 1. The summed E-state index contributed by atoms with van der Waals surface area (Å²) in [6.07, 6.45) is 3.22. The minimum Gasteiger partial charge on any atom is -0.481 e. The fraction of sp³-hybridized carbons (Fsp3) is 0.548. The molecule has 1 saturated carbocycles. The Morgan fingerprint density at radius 2 is 1.86 bits per heavy atom. The number of aldehydes is 1. The number of likely N-dealkylation sites (tertiary alicyclic amines) is 1. The van der Waals surface area contributed by atoms with E-state index in [1.807, 2.05) is 6.08 Å². The van der Waals surface area contributed by atoms with Gasteiger partial charge in [0.1, 0.15) is 6.29 Å². The molecule has 42 heavy (non-hydrogen) atoms. The van der Waals surface area contributed by atoms with Crippen LogP contribution in [0.2, 0.25) is 5.02 Å². The summed E-state index contributed by atoms with van der Waals surface area (Å²) in [5.41, 5.74) is 0.173. The summed E-state index contributed by atoms with van der Waals surface area (Å²) < 4.78 is 43.1. The first kappa shape index (κ1) is 30.5. The van der Waals surface area contributed by atoms with Gasteiger partial charge in [0, 0.05) is 11.5 Å². The highest BCUT2D eigenvalue weighted by Gasteiger charge is 2.65. The van der Waals surface area contributed by atoms with E-state index in [0.717, 1.165) is 22.1 Å². The Hall–Kier alpha value is -2.98. The van der Waals surface area contributed by atoms with E-state index < -0.39 is 29.4 Å². The van der Waals surface area contributed by atoms with Crippen molar-refractivity contribution in [1.82, 2.24) is 14.7 Å². The summed E-state index contributed by atoms with van der Waals surface area (Å²) >= 11 is 6.35. The van der Waals surface area contributed by atoms with Gasteiger partial charge in [-0.2, -0.15) is 23.0 Å². The normalized spacial score (nSPS) is 23.3. The van der Waals surface area contributed by atoms with Crippen LogP contribution in [0.5, 0.6) is 0 Å². The smallest absolute Gasteiger partial charge is 0.398 e. The number of alkyl halides is 3. The largest absolute Gasteiger partial charge is 0.481 e. The van der Waals surface area contributed by atoms with Crippen molar-refractivity contribution in [3.05, 3.63) is 57.4 Å². The van der Waals surface area contributed by atoms with Crippen molar-refractivity contribution in [2.45, 2.75) is 75.8 Å². The number of allylic oxidation sites excluding steroid dienone is 2. The minimum absolute atomic E-state index is 0.0808. The molecule has 2 atom stereocenters. The highest BCUT2D eigenvalue weighted by atomic mass is 35.5. The third-order valence-electron chi connectivity index (χ3n) is 9.13. The highest BCUT2D eigenvalue weighted by molar-refractivity contribution is 6.34. The maximum atomic E-state index is 14.0. The van der Waals surface area contributed by atoms with Crippen molar-refractivity contribution >= 4 is 35.3 Å².